The number of benzene rings is 1. The lowest BCUT2D eigenvalue weighted by Crippen LogP contribution is -2.41. The molecule has 2 atom stereocenters. The molecule has 1 saturated carbocycles. The largest absolute Gasteiger partial charge is 0.461 e. The minimum atomic E-state index is -0.243. The van der Waals surface area contributed by atoms with Gasteiger partial charge in [0.1, 0.15) is 0 Å². The Morgan fingerprint density at radius 3 is 2.55 bits per heavy atom. The summed E-state index contributed by atoms with van der Waals surface area (Å²) in [6, 6.07) is 8.60. The zero-order valence-electron chi connectivity index (χ0n) is 13.7. The van der Waals surface area contributed by atoms with E-state index in [4.69, 9.17) is 9.31 Å². The quantitative estimate of drug-likeness (QED) is 0.779. The molecule has 1 aromatic heterocycles. The van der Waals surface area contributed by atoms with Gasteiger partial charge in [-0.3, -0.25) is 4.98 Å². The number of fused-ring (bicyclic) bond motifs is 1. The lowest BCUT2D eigenvalue weighted by Gasteiger charge is -2.32. The maximum atomic E-state index is 6.22. The third kappa shape index (κ3) is 2.09. The maximum Gasteiger partial charge on any atom is 0.461 e. The van der Waals surface area contributed by atoms with Gasteiger partial charge in [-0.25, -0.2) is 0 Å². The summed E-state index contributed by atoms with van der Waals surface area (Å²) >= 11 is 0. The van der Waals surface area contributed by atoms with Crippen molar-refractivity contribution in [2.24, 2.45) is 0 Å². The Balaban J connectivity index is 1.60. The standard InChI is InChI=1S/C18H22BNO2/c1-17(2)18(3,4)22-19(21-17)16-10-15(16)14-7-5-6-12-11-20-9-8-13(12)14/h5-9,11,15-16H,10H2,1-4H3/t15-,16+/m1/s1. The van der Waals surface area contributed by atoms with E-state index in [1.807, 2.05) is 12.4 Å². The van der Waals surface area contributed by atoms with Gasteiger partial charge in [0.2, 0.25) is 0 Å². The molecule has 0 bridgehead atoms. The molecule has 4 rings (SSSR count). The van der Waals surface area contributed by atoms with E-state index in [0.29, 0.717) is 11.7 Å². The summed E-state index contributed by atoms with van der Waals surface area (Å²) in [5.74, 6) is 0.987. The number of rotatable bonds is 2. The van der Waals surface area contributed by atoms with Crippen molar-refractivity contribution in [3.05, 3.63) is 42.2 Å². The molecule has 0 unspecified atom stereocenters. The second-order valence-corrected chi connectivity index (χ2v) is 7.57. The van der Waals surface area contributed by atoms with Crippen LogP contribution in [0.15, 0.2) is 36.7 Å². The maximum absolute atomic E-state index is 6.22. The summed E-state index contributed by atoms with van der Waals surface area (Å²) in [5.41, 5.74) is 0.917. The van der Waals surface area contributed by atoms with Gasteiger partial charge in [0.05, 0.1) is 11.2 Å². The van der Waals surface area contributed by atoms with Gasteiger partial charge in [-0.15, -0.1) is 0 Å². The molecule has 2 heterocycles. The van der Waals surface area contributed by atoms with Gasteiger partial charge in [0, 0.05) is 23.6 Å². The summed E-state index contributed by atoms with van der Waals surface area (Å²) in [7, 11) is -0.0907. The van der Waals surface area contributed by atoms with Gasteiger partial charge < -0.3 is 9.31 Å². The van der Waals surface area contributed by atoms with E-state index in [9.17, 15) is 0 Å². The van der Waals surface area contributed by atoms with Crippen molar-refractivity contribution in [2.45, 2.75) is 57.1 Å². The predicted molar refractivity (Wildman–Crippen MR) is 88.9 cm³/mol. The van der Waals surface area contributed by atoms with Gasteiger partial charge in [0.25, 0.3) is 0 Å². The number of hydrogen-bond acceptors (Lipinski definition) is 3. The van der Waals surface area contributed by atoms with Crippen molar-refractivity contribution in [1.82, 2.24) is 4.98 Å². The molecule has 0 radical (unpaired) electrons. The highest BCUT2D eigenvalue weighted by Gasteiger charge is 2.60. The molecule has 2 fully saturated rings. The molecule has 1 aromatic carbocycles. The highest BCUT2D eigenvalue weighted by molar-refractivity contribution is 6.49. The molecule has 1 saturated heterocycles. The molecule has 1 aliphatic heterocycles. The second kappa shape index (κ2) is 4.56. The Bertz CT molecular complexity index is 707. The van der Waals surface area contributed by atoms with E-state index >= 15 is 0 Å². The summed E-state index contributed by atoms with van der Waals surface area (Å²) in [6.07, 6.45) is 4.95. The van der Waals surface area contributed by atoms with E-state index in [0.717, 1.165) is 6.42 Å². The van der Waals surface area contributed by atoms with Crippen LogP contribution in [0.1, 0.15) is 45.6 Å². The van der Waals surface area contributed by atoms with Crippen molar-refractivity contribution in [3.63, 3.8) is 0 Å². The zero-order chi connectivity index (χ0) is 15.5. The van der Waals surface area contributed by atoms with Crippen molar-refractivity contribution < 1.29 is 9.31 Å². The van der Waals surface area contributed by atoms with E-state index in [-0.39, 0.29) is 18.3 Å². The summed E-state index contributed by atoms with van der Waals surface area (Å²) in [6.45, 7) is 8.48. The number of nitrogens with zero attached hydrogens (tertiary/aromatic N) is 1. The molecule has 0 N–H and O–H groups in total. The molecule has 2 aromatic rings. The van der Waals surface area contributed by atoms with Gasteiger partial charge >= 0.3 is 7.12 Å². The molecule has 4 heteroatoms. The number of hydrogen-bond donors (Lipinski definition) is 0. The van der Waals surface area contributed by atoms with Crippen molar-refractivity contribution in [1.29, 1.82) is 0 Å². The van der Waals surface area contributed by atoms with Gasteiger partial charge in [-0.2, -0.15) is 0 Å². The van der Waals surface area contributed by atoms with Crippen molar-refractivity contribution in [2.75, 3.05) is 0 Å². The highest BCUT2D eigenvalue weighted by atomic mass is 16.7. The first-order chi connectivity index (χ1) is 10.4. The minimum Gasteiger partial charge on any atom is -0.403 e. The summed E-state index contributed by atoms with van der Waals surface area (Å²) in [4.78, 5) is 4.22. The smallest absolute Gasteiger partial charge is 0.403 e. The Morgan fingerprint density at radius 1 is 1.09 bits per heavy atom. The lowest BCUT2D eigenvalue weighted by atomic mass is 9.79. The fourth-order valence-electron chi connectivity index (χ4n) is 3.41. The van der Waals surface area contributed by atoms with Gasteiger partial charge in [-0.05, 0) is 57.0 Å². The molecule has 1 aliphatic carbocycles. The summed E-state index contributed by atoms with van der Waals surface area (Å²) in [5, 5.41) is 2.51. The van der Waals surface area contributed by atoms with Gasteiger partial charge in [-0.1, -0.05) is 18.2 Å². The fourth-order valence-corrected chi connectivity index (χ4v) is 3.41. The molecule has 0 amide bonds. The van der Waals surface area contributed by atoms with Crippen LogP contribution in [0.3, 0.4) is 0 Å². The Labute approximate surface area is 132 Å². The van der Waals surface area contributed by atoms with Crippen LogP contribution >= 0.6 is 0 Å². The average molecular weight is 295 g/mol. The average Bonchev–Trinajstić information content (AvgIpc) is 3.21. The second-order valence-electron chi connectivity index (χ2n) is 7.57. The first-order valence-corrected chi connectivity index (χ1v) is 8.07. The van der Waals surface area contributed by atoms with E-state index in [1.54, 1.807) is 0 Å². The molecular weight excluding hydrogens is 273 g/mol. The SMILES string of the molecule is CC1(C)OB([C@H]2C[C@@H]2c2cccc3cnccc23)OC1(C)C. The van der Waals surface area contributed by atoms with E-state index in [1.165, 1.54) is 16.3 Å². The van der Waals surface area contributed by atoms with Crippen LogP contribution in [0, 0.1) is 0 Å². The number of aromatic nitrogens is 1. The third-order valence-electron chi connectivity index (χ3n) is 5.57. The first-order valence-electron chi connectivity index (χ1n) is 8.07. The van der Waals surface area contributed by atoms with Crippen LogP contribution in [-0.2, 0) is 9.31 Å². The van der Waals surface area contributed by atoms with Crippen LogP contribution in [0.4, 0.5) is 0 Å². The minimum absolute atomic E-state index is 0.0907. The monoisotopic (exact) mass is 295 g/mol. The lowest BCUT2D eigenvalue weighted by molar-refractivity contribution is 0.00578. The molecule has 2 aliphatic rings. The highest BCUT2D eigenvalue weighted by Crippen LogP contribution is 2.59. The van der Waals surface area contributed by atoms with Crippen LogP contribution in [0.2, 0.25) is 5.82 Å². The van der Waals surface area contributed by atoms with E-state index < -0.39 is 0 Å². The molecule has 0 spiro atoms. The third-order valence-corrected chi connectivity index (χ3v) is 5.57. The molecule has 3 nitrogen and oxygen atoms in total. The molecular formula is C18H22BNO2. The van der Waals surface area contributed by atoms with Gasteiger partial charge in [0.15, 0.2) is 0 Å². The zero-order valence-corrected chi connectivity index (χ0v) is 13.7. The Morgan fingerprint density at radius 2 is 1.82 bits per heavy atom. The predicted octanol–water partition coefficient (Wildman–Crippen LogP) is 4.18. The normalized spacial score (nSPS) is 29.0. The number of pyridine rings is 1. The molecule has 114 valence electrons. The molecule has 22 heavy (non-hydrogen) atoms. The van der Waals surface area contributed by atoms with Crippen molar-refractivity contribution >= 4 is 17.9 Å². The van der Waals surface area contributed by atoms with Crippen LogP contribution in [0.25, 0.3) is 10.8 Å². The van der Waals surface area contributed by atoms with Crippen molar-refractivity contribution in [3.8, 4) is 0 Å². The van der Waals surface area contributed by atoms with Crippen LogP contribution in [0.5, 0.6) is 0 Å². The first kappa shape index (κ1) is 14.2. The fraction of sp³-hybridized carbons (Fsp3) is 0.500. The Hall–Kier alpha value is -1.39. The summed E-state index contributed by atoms with van der Waals surface area (Å²) < 4.78 is 12.4. The van der Waals surface area contributed by atoms with E-state index in [2.05, 4.69) is 56.9 Å². The van der Waals surface area contributed by atoms with Crippen LogP contribution < -0.4 is 0 Å². The Kier molecular flexibility index (Phi) is 2.95. The van der Waals surface area contributed by atoms with Crippen LogP contribution in [-0.4, -0.2) is 23.3 Å². The topological polar surface area (TPSA) is 31.4 Å².